The number of amides is 1. The van der Waals surface area contributed by atoms with E-state index >= 15 is 0 Å². The Hall–Kier alpha value is -2.14. The van der Waals surface area contributed by atoms with Gasteiger partial charge in [-0.1, -0.05) is 44.2 Å². The number of primary amides is 1. The lowest BCUT2D eigenvalue weighted by Gasteiger charge is -2.54. The predicted molar refractivity (Wildman–Crippen MR) is 96.6 cm³/mol. The van der Waals surface area contributed by atoms with Crippen LogP contribution in [0.15, 0.2) is 42.7 Å². The molecule has 5 nitrogen and oxygen atoms in total. The molecule has 2 N–H and O–H groups in total. The molecule has 25 heavy (non-hydrogen) atoms. The minimum absolute atomic E-state index is 0.132. The Labute approximate surface area is 148 Å². The Kier molecular flexibility index (Phi) is 3.72. The molecule has 1 amide bonds. The number of likely N-dealkylation sites (tertiary alicyclic amines) is 1. The quantitative estimate of drug-likeness (QED) is 0.909. The molecule has 2 aliphatic rings. The first-order chi connectivity index (χ1) is 11.9. The molecule has 1 aliphatic carbocycles. The van der Waals surface area contributed by atoms with E-state index in [0.29, 0.717) is 5.92 Å². The van der Waals surface area contributed by atoms with Crippen LogP contribution in [0.3, 0.4) is 0 Å². The van der Waals surface area contributed by atoms with Gasteiger partial charge in [-0.15, -0.1) is 0 Å². The summed E-state index contributed by atoms with van der Waals surface area (Å²) in [5.41, 5.74) is 6.90. The third-order valence-corrected chi connectivity index (χ3v) is 6.18. The number of carbonyl (C=O) groups excluding carboxylic acids is 1. The van der Waals surface area contributed by atoms with Crippen LogP contribution in [-0.4, -0.2) is 33.4 Å². The lowest BCUT2D eigenvalue weighted by molar-refractivity contribution is -0.148. The number of nitrogens with two attached hydrogens (primary N) is 1. The first-order valence-corrected chi connectivity index (χ1v) is 8.97. The van der Waals surface area contributed by atoms with Gasteiger partial charge in [0.2, 0.25) is 5.91 Å². The van der Waals surface area contributed by atoms with E-state index in [0.717, 1.165) is 38.4 Å². The van der Waals surface area contributed by atoms with E-state index in [-0.39, 0.29) is 16.7 Å². The number of carbonyl (C=O) groups is 1. The number of hydrogen-bond donors (Lipinski definition) is 1. The Bertz CT molecular complexity index is 782. The summed E-state index contributed by atoms with van der Waals surface area (Å²) in [4.78, 5) is 19.0. The number of rotatable bonds is 5. The molecule has 4 rings (SSSR count). The molecule has 2 heterocycles. The molecule has 0 spiro atoms. The van der Waals surface area contributed by atoms with Gasteiger partial charge in [0.25, 0.3) is 0 Å². The van der Waals surface area contributed by atoms with Gasteiger partial charge >= 0.3 is 0 Å². The number of imidazole rings is 1. The maximum absolute atomic E-state index is 12.1. The van der Waals surface area contributed by atoms with Crippen LogP contribution >= 0.6 is 0 Å². The number of nitrogens with zero attached hydrogens (tertiary/aromatic N) is 3. The summed E-state index contributed by atoms with van der Waals surface area (Å²) >= 11 is 0. The first-order valence-electron chi connectivity index (χ1n) is 8.97. The Balaban J connectivity index is 1.49. The van der Waals surface area contributed by atoms with Gasteiger partial charge in [-0.05, 0) is 23.3 Å². The van der Waals surface area contributed by atoms with Gasteiger partial charge in [0, 0.05) is 32.0 Å². The fraction of sp³-hybridized carbons (Fsp3) is 0.500. The molecule has 0 radical (unpaired) electrons. The summed E-state index contributed by atoms with van der Waals surface area (Å²) < 4.78 is 2.19. The van der Waals surface area contributed by atoms with E-state index in [9.17, 15) is 4.79 Å². The highest BCUT2D eigenvalue weighted by molar-refractivity contribution is 5.83. The molecule has 0 bridgehead atoms. The van der Waals surface area contributed by atoms with Gasteiger partial charge in [-0.25, -0.2) is 4.98 Å². The number of benzene rings is 1. The van der Waals surface area contributed by atoms with Crippen molar-refractivity contribution in [3.8, 4) is 0 Å². The normalized spacial score (nSPS) is 27.7. The summed E-state index contributed by atoms with van der Waals surface area (Å²) in [5, 5.41) is 0. The van der Waals surface area contributed by atoms with Crippen molar-refractivity contribution in [1.82, 2.24) is 14.5 Å². The van der Waals surface area contributed by atoms with Gasteiger partial charge in [-0.2, -0.15) is 0 Å². The lowest BCUT2D eigenvalue weighted by Crippen LogP contribution is -2.59. The molecular weight excluding hydrogens is 312 g/mol. The second-order valence-electron chi connectivity index (χ2n) is 8.36. The average molecular weight is 338 g/mol. The highest BCUT2D eigenvalue weighted by atomic mass is 16.1. The highest BCUT2D eigenvalue weighted by Crippen LogP contribution is 2.62. The maximum atomic E-state index is 12.1. The van der Waals surface area contributed by atoms with Crippen molar-refractivity contribution in [2.45, 2.75) is 33.4 Å². The molecule has 2 atom stereocenters. The van der Waals surface area contributed by atoms with Crippen LogP contribution in [0.1, 0.15) is 31.7 Å². The van der Waals surface area contributed by atoms with Gasteiger partial charge in [0.1, 0.15) is 5.82 Å². The summed E-state index contributed by atoms with van der Waals surface area (Å²) in [6, 6.07) is 10.4. The van der Waals surface area contributed by atoms with Crippen LogP contribution in [0.4, 0.5) is 0 Å². The molecule has 1 saturated carbocycles. The first kappa shape index (κ1) is 16.3. The molecule has 1 aromatic heterocycles. The largest absolute Gasteiger partial charge is 0.369 e. The molecule has 1 aliphatic heterocycles. The Morgan fingerprint density at radius 1 is 1.28 bits per heavy atom. The highest BCUT2D eigenvalue weighted by Gasteiger charge is 2.65. The SMILES string of the molecule is CC1(C)C[C@]2(C(N)=O)CN(Cc3nccn3Cc3ccccc3)C[C@H]12. The molecule has 132 valence electrons. The second-order valence-corrected chi connectivity index (χ2v) is 8.36. The molecule has 2 fully saturated rings. The number of hydrogen-bond acceptors (Lipinski definition) is 3. The van der Waals surface area contributed by atoms with Crippen molar-refractivity contribution in [1.29, 1.82) is 0 Å². The third kappa shape index (κ3) is 2.67. The summed E-state index contributed by atoms with van der Waals surface area (Å²) in [6.45, 7) is 7.77. The van der Waals surface area contributed by atoms with Crippen molar-refractivity contribution in [3.05, 3.63) is 54.1 Å². The molecule has 1 saturated heterocycles. The zero-order chi connectivity index (χ0) is 17.7. The van der Waals surface area contributed by atoms with Crippen LogP contribution in [0.2, 0.25) is 0 Å². The van der Waals surface area contributed by atoms with Crippen molar-refractivity contribution < 1.29 is 4.79 Å². The lowest BCUT2D eigenvalue weighted by atomic mass is 9.48. The van der Waals surface area contributed by atoms with Crippen LogP contribution < -0.4 is 5.73 Å². The molecule has 0 unspecified atom stereocenters. The van der Waals surface area contributed by atoms with E-state index in [4.69, 9.17) is 5.73 Å². The summed E-state index contributed by atoms with van der Waals surface area (Å²) in [6.07, 6.45) is 4.78. The summed E-state index contributed by atoms with van der Waals surface area (Å²) in [5.74, 6) is 1.27. The van der Waals surface area contributed by atoms with Crippen molar-refractivity contribution >= 4 is 5.91 Å². The van der Waals surface area contributed by atoms with Crippen molar-refractivity contribution in [3.63, 3.8) is 0 Å². The second kappa shape index (κ2) is 5.70. The van der Waals surface area contributed by atoms with Gasteiger partial charge < -0.3 is 10.3 Å². The molecule has 1 aromatic carbocycles. The monoisotopic (exact) mass is 338 g/mol. The fourth-order valence-corrected chi connectivity index (χ4v) is 5.06. The molecule has 2 aromatic rings. The van der Waals surface area contributed by atoms with E-state index < -0.39 is 0 Å². The topological polar surface area (TPSA) is 64.2 Å². The Morgan fingerprint density at radius 3 is 2.68 bits per heavy atom. The zero-order valence-corrected chi connectivity index (χ0v) is 15.0. The van der Waals surface area contributed by atoms with Gasteiger partial charge in [-0.3, -0.25) is 9.69 Å². The maximum Gasteiger partial charge on any atom is 0.225 e. The predicted octanol–water partition coefficient (Wildman–Crippen LogP) is 2.26. The standard InChI is InChI=1S/C20H26N4O/c1-19(2)13-20(18(21)25)14-23(11-16(19)20)12-17-22-8-9-24(17)10-15-6-4-3-5-7-15/h3-9,16H,10-14H2,1-2H3,(H2,21,25)/t16-,20+/m1/s1. The average Bonchev–Trinajstić information content (AvgIpc) is 3.12. The minimum atomic E-state index is -0.333. The van der Waals surface area contributed by atoms with Crippen LogP contribution in [0.5, 0.6) is 0 Å². The van der Waals surface area contributed by atoms with E-state index in [2.05, 4.69) is 52.6 Å². The van der Waals surface area contributed by atoms with Gasteiger partial charge in [0.15, 0.2) is 0 Å². The number of aromatic nitrogens is 2. The minimum Gasteiger partial charge on any atom is -0.369 e. The van der Waals surface area contributed by atoms with E-state index in [1.165, 1.54) is 5.56 Å². The Morgan fingerprint density at radius 2 is 2.04 bits per heavy atom. The third-order valence-electron chi connectivity index (χ3n) is 6.18. The smallest absolute Gasteiger partial charge is 0.225 e. The summed E-state index contributed by atoms with van der Waals surface area (Å²) in [7, 11) is 0. The van der Waals surface area contributed by atoms with Crippen LogP contribution in [-0.2, 0) is 17.9 Å². The van der Waals surface area contributed by atoms with Gasteiger partial charge in [0.05, 0.1) is 12.0 Å². The molecule has 5 heteroatoms. The van der Waals surface area contributed by atoms with Crippen molar-refractivity contribution in [2.75, 3.05) is 13.1 Å². The van der Waals surface area contributed by atoms with E-state index in [1.54, 1.807) is 0 Å². The zero-order valence-electron chi connectivity index (χ0n) is 15.0. The molecular formula is C20H26N4O. The van der Waals surface area contributed by atoms with Crippen LogP contribution in [0, 0.1) is 16.7 Å². The number of fused-ring (bicyclic) bond motifs is 1. The van der Waals surface area contributed by atoms with Crippen LogP contribution in [0.25, 0.3) is 0 Å². The fourth-order valence-electron chi connectivity index (χ4n) is 5.06. The van der Waals surface area contributed by atoms with E-state index in [1.807, 2.05) is 18.5 Å². The van der Waals surface area contributed by atoms with Crippen molar-refractivity contribution in [2.24, 2.45) is 22.5 Å².